The number of hydrogen-bond acceptors (Lipinski definition) is 4. The number of ether oxygens (including phenoxy) is 1. The smallest absolute Gasteiger partial charge is 0.255 e. The molecule has 160 valence electrons. The maximum atomic E-state index is 12.8. The van der Waals surface area contributed by atoms with E-state index in [1.165, 1.54) is 0 Å². The van der Waals surface area contributed by atoms with Gasteiger partial charge in [-0.05, 0) is 42.3 Å². The number of carbonyl (C=O) groups excluding carboxylic acids is 2. The Morgan fingerprint density at radius 1 is 1.10 bits per heavy atom. The highest BCUT2D eigenvalue weighted by molar-refractivity contribution is 6.31. The van der Waals surface area contributed by atoms with Gasteiger partial charge in [-0.1, -0.05) is 31.5 Å². The summed E-state index contributed by atoms with van der Waals surface area (Å²) in [5, 5.41) is 3.52. The molecule has 7 heteroatoms. The van der Waals surface area contributed by atoms with Crippen LogP contribution in [0.4, 0.5) is 11.4 Å². The molecule has 2 aromatic carbocycles. The fourth-order valence-electron chi connectivity index (χ4n) is 3.52. The van der Waals surface area contributed by atoms with Gasteiger partial charge >= 0.3 is 0 Å². The topological polar surface area (TPSA) is 61.9 Å². The summed E-state index contributed by atoms with van der Waals surface area (Å²) in [5.74, 6) is 0.942. The molecule has 1 aliphatic heterocycles. The van der Waals surface area contributed by atoms with E-state index in [1.54, 1.807) is 37.4 Å². The van der Waals surface area contributed by atoms with Gasteiger partial charge < -0.3 is 19.9 Å². The van der Waals surface area contributed by atoms with Crippen LogP contribution < -0.4 is 15.0 Å². The normalized spacial score (nSPS) is 14.0. The number of nitrogens with zero attached hydrogens (tertiary/aromatic N) is 2. The van der Waals surface area contributed by atoms with Gasteiger partial charge in [0.15, 0.2) is 0 Å². The summed E-state index contributed by atoms with van der Waals surface area (Å²) < 4.78 is 5.20. The van der Waals surface area contributed by atoms with Gasteiger partial charge in [0.25, 0.3) is 5.91 Å². The van der Waals surface area contributed by atoms with Gasteiger partial charge in [0, 0.05) is 43.2 Å². The summed E-state index contributed by atoms with van der Waals surface area (Å²) in [7, 11) is 1.57. The SMILES string of the molecule is COc1cccc(C(=O)Nc2cc(Cl)ccc2N2CCN(C(=O)CC(C)C)CC2)c1. The molecule has 1 fully saturated rings. The minimum absolute atomic E-state index is 0.201. The van der Waals surface area contributed by atoms with Crippen molar-refractivity contribution in [3.05, 3.63) is 53.1 Å². The molecule has 0 saturated carbocycles. The molecular formula is C23H28ClN3O3. The van der Waals surface area contributed by atoms with Crippen molar-refractivity contribution in [1.82, 2.24) is 4.90 Å². The summed E-state index contributed by atoms with van der Waals surface area (Å²) in [4.78, 5) is 29.2. The molecule has 0 aromatic heterocycles. The molecule has 2 amide bonds. The van der Waals surface area contributed by atoms with Crippen LogP contribution in [0.15, 0.2) is 42.5 Å². The van der Waals surface area contributed by atoms with Crippen molar-refractivity contribution >= 4 is 34.8 Å². The number of halogens is 1. The first-order valence-electron chi connectivity index (χ1n) is 10.1. The molecule has 0 bridgehead atoms. The van der Waals surface area contributed by atoms with Gasteiger partial charge in [-0.15, -0.1) is 0 Å². The lowest BCUT2D eigenvalue weighted by atomic mass is 10.1. The van der Waals surface area contributed by atoms with Crippen LogP contribution in [0.3, 0.4) is 0 Å². The first-order chi connectivity index (χ1) is 14.4. The lowest BCUT2D eigenvalue weighted by Crippen LogP contribution is -2.49. The number of benzene rings is 2. The minimum atomic E-state index is -0.233. The van der Waals surface area contributed by atoms with Gasteiger partial charge in [0.2, 0.25) is 5.91 Å². The third-order valence-corrected chi connectivity index (χ3v) is 5.33. The van der Waals surface area contributed by atoms with Gasteiger partial charge in [0.1, 0.15) is 5.75 Å². The summed E-state index contributed by atoms with van der Waals surface area (Å²) in [5.41, 5.74) is 2.05. The molecule has 0 radical (unpaired) electrons. The van der Waals surface area contributed by atoms with Crippen molar-refractivity contribution in [2.75, 3.05) is 43.5 Å². The van der Waals surface area contributed by atoms with Crippen molar-refractivity contribution in [3.8, 4) is 5.75 Å². The van der Waals surface area contributed by atoms with E-state index in [-0.39, 0.29) is 11.8 Å². The molecule has 6 nitrogen and oxygen atoms in total. The Kier molecular flexibility index (Phi) is 7.21. The minimum Gasteiger partial charge on any atom is -0.497 e. The third-order valence-electron chi connectivity index (χ3n) is 5.09. The molecule has 2 aromatic rings. The molecule has 1 N–H and O–H groups in total. The number of carbonyl (C=O) groups is 2. The highest BCUT2D eigenvalue weighted by Gasteiger charge is 2.23. The molecule has 1 saturated heterocycles. The molecule has 0 spiro atoms. The molecule has 30 heavy (non-hydrogen) atoms. The van der Waals surface area contributed by atoms with Crippen LogP contribution in [0.25, 0.3) is 0 Å². The monoisotopic (exact) mass is 429 g/mol. The molecule has 0 unspecified atom stereocenters. The molecule has 3 rings (SSSR count). The number of amides is 2. The maximum absolute atomic E-state index is 12.8. The lowest BCUT2D eigenvalue weighted by molar-refractivity contribution is -0.132. The van der Waals surface area contributed by atoms with E-state index < -0.39 is 0 Å². The third kappa shape index (κ3) is 5.45. The van der Waals surface area contributed by atoms with Gasteiger partial charge in [-0.2, -0.15) is 0 Å². The van der Waals surface area contributed by atoms with Gasteiger partial charge in [0.05, 0.1) is 18.5 Å². The zero-order chi connectivity index (χ0) is 21.7. The molecule has 1 aliphatic rings. The van der Waals surface area contributed by atoms with Crippen LogP contribution in [0.5, 0.6) is 5.75 Å². The fourth-order valence-corrected chi connectivity index (χ4v) is 3.69. The highest BCUT2D eigenvalue weighted by Crippen LogP contribution is 2.31. The first-order valence-corrected chi connectivity index (χ1v) is 10.5. The molecular weight excluding hydrogens is 402 g/mol. The maximum Gasteiger partial charge on any atom is 0.255 e. The van der Waals surface area contributed by atoms with Crippen LogP contribution in [-0.2, 0) is 4.79 Å². The largest absolute Gasteiger partial charge is 0.497 e. The lowest BCUT2D eigenvalue weighted by Gasteiger charge is -2.37. The van der Waals surface area contributed by atoms with Crippen molar-refractivity contribution in [2.45, 2.75) is 20.3 Å². The quantitative estimate of drug-likeness (QED) is 0.743. The zero-order valence-corrected chi connectivity index (χ0v) is 18.4. The summed E-state index contributed by atoms with van der Waals surface area (Å²) >= 11 is 6.20. The van der Waals surface area contributed by atoms with E-state index in [4.69, 9.17) is 16.3 Å². The standard InChI is InChI=1S/C23H28ClN3O3/c1-16(2)13-22(28)27-11-9-26(10-12-27)21-8-7-18(24)15-20(21)25-23(29)17-5-4-6-19(14-17)30-3/h4-8,14-16H,9-13H2,1-3H3,(H,25,29). The second-order valence-corrected chi connectivity index (χ2v) is 8.25. The molecule has 0 aliphatic carbocycles. The van der Waals surface area contributed by atoms with E-state index in [2.05, 4.69) is 24.1 Å². The van der Waals surface area contributed by atoms with Crippen LogP contribution in [-0.4, -0.2) is 50.0 Å². The van der Waals surface area contributed by atoms with Crippen molar-refractivity contribution in [1.29, 1.82) is 0 Å². The predicted molar refractivity (Wildman–Crippen MR) is 121 cm³/mol. The van der Waals surface area contributed by atoms with E-state index in [0.717, 1.165) is 5.69 Å². The van der Waals surface area contributed by atoms with E-state index in [9.17, 15) is 9.59 Å². The second-order valence-electron chi connectivity index (χ2n) is 7.81. The number of piperazine rings is 1. The predicted octanol–water partition coefficient (Wildman–Crippen LogP) is 4.30. The first kappa shape index (κ1) is 22.0. The number of nitrogens with one attached hydrogen (secondary N) is 1. The summed E-state index contributed by atoms with van der Waals surface area (Å²) in [6.45, 7) is 6.84. The van der Waals surface area contributed by atoms with Crippen molar-refractivity contribution in [2.24, 2.45) is 5.92 Å². The Labute approximate surface area is 182 Å². The number of rotatable bonds is 6. The van der Waals surface area contributed by atoms with Crippen LogP contribution >= 0.6 is 11.6 Å². The number of methoxy groups -OCH3 is 1. The average molecular weight is 430 g/mol. The molecule has 1 heterocycles. The fraction of sp³-hybridized carbons (Fsp3) is 0.391. The highest BCUT2D eigenvalue weighted by atomic mass is 35.5. The van der Waals surface area contributed by atoms with Crippen LogP contribution in [0, 0.1) is 5.92 Å². The Balaban J connectivity index is 1.73. The number of hydrogen-bond donors (Lipinski definition) is 1. The van der Waals surface area contributed by atoms with Crippen molar-refractivity contribution < 1.29 is 14.3 Å². The summed E-state index contributed by atoms with van der Waals surface area (Å²) in [6.07, 6.45) is 0.572. The Morgan fingerprint density at radius 2 is 1.83 bits per heavy atom. The van der Waals surface area contributed by atoms with Gasteiger partial charge in [-0.25, -0.2) is 0 Å². The average Bonchev–Trinajstić information content (AvgIpc) is 2.73. The summed E-state index contributed by atoms with van der Waals surface area (Å²) in [6, 6.07) is 12.5. The Hall–Kier alpha value is -2.73. The van der Waals surface area contributed by atoms with E-state index in [0.29, 0.717) is 60.5 Å². The van der Waals surface area contributed by atoms with Crippen LogP contribution in [0.1, 0.15) is 30.6 Å². The van der Waals surface area contributed by atoms with Gasteiger partial charge in [-0.3, -0.25) is 9.59 Å². The Morgan fingerprint density at radius 3 is 2.50 bits per heavy atom. The molecule has 0 atom stereocenters. The second kappa shape index (κ2) is 9.85. The van der Waals surface area contributed by atoms with E-state index >= 15 is 0 Å². The van der Waals surface area contributed by atoms with Crippen molar-refractivity contribution in [3.63, 3.8) is 0 Å². The van der Waals surface area contributed by atoms with E-state index in [1.807, 2.05) is 17.0 Å². The van der Waals surface area contributed by atoms with Crippen LogP contribution in [0.2, 0.25) is 5.02 Å². The number of anilines is 2. The Bertz CT molecular complexity index is 908. The zero-order valence-electron chi connectivity index (χ0n) is 17.7.